The first-order valence-corrected chi connectivity index (χ1v) is 9.94. The predicted molar refractivity (Wildman–Crippen MR) is 117 cm³/mol. The third-order valence-electron chi connectivity index (χ3n) is 5.20. The van der Waals surface area contributed by atoms with Crippen molar-refractivity contribution in [1.82, 2.24) is 9.78 Å². The van der Waals surface area contributed by atoms with Gasteiger partial charge in [-0.1, -0.05) is 18.2 Å². The first kappa shape index (κ1) is 19.8. The van der Waals surface area contributed by atoms with Crippen LogP contribution in [0.15, 0.2) is 48.5 Å². The molecule has 0 aliphatic carbocycles. The van der Waals surface area contributed by atoms with E-state index in [0.717, 1.165) is 46.1 Å². The maximum Gasteiger partial charge on any atom is 0.248 e. The molecular weight excluding hydrogens is 378 g/mol. The Labute approximate surface area is 176 Å². The Bertz CT molecular complexity index is 1120. The summed E-state index contributed by atoms with van der Waals surface area (Å²) >= 11 is 0. The lowest BCUT2D eigenvalue weighted by Crippen LogP contribution is -2.09. The molecule has 6 heteroatoms. The quantitative estimate of drug-likeness (QED) is 0.638. The number of methoxy groups -OCH3 is 1. The van der Waals surface area contributed by atoms with E-state index in [1.54, 1.807) is 13.2 Å². The van der Waals surface area contributed by atoms with Crippen LogP contribution in [0.5, 0.6) is 11.5 Å². The van der Waals surface area contributed by atoms with E-state index in [0.29, 0.717) is 5.69 Å². The Morgan fingerprint density at radius 1 is 1.27 bits per heavy atom. The van der Waals surface area contributed by atoms with Crippen molar-refractivity contribution in [2.45, 2.75) is 33.3 Å². The van der Waals surface area contributed by atoms with Crippen LogP contribution >= 0.6 is 0 Å². The molecule has 0 saturated heterocycles. The van der Waals surface area contributed by atoms with Gasteiger partial charge in [-0.25, -0.2) is 4.68 Å². The van der Waals surface area contributed by atoms with Gasteiger partial charge in [-0.2, -0.15) is 5.10 Å². The summed E-state index contributed by atoms with van der Waals surface area (Å²) in [6, 6.07) is 13.7. The third kappa shape index (κ3) is 3.81. The number of aryl methyl sites for hydroxylation is 1. The summed E-state index contributed by atoms with van der Waals surface area (Å²) in [6.07, 6.45) is 4.26. The monoisotopic (exact) mass is 403 g/mol. The van der Waals surface area contributed by atoms with Gasteiger partial charge in [0.15, 0.2) is 0 Å². The number of hydrogen-bond acceptors (Lipinski definition) is 4. The number of amides is 1. The number of rotatable bonds is 5. The minimum absolute atomic E-state index is 0.152. The van der Waals surface area contributed by atoms with Gasteiger partial charge >= 0.3 is 0 Å². The highest BCUT2D eigenvalue weighted by Gasteiger charge is 2.21. The number of carbonyl (C=O) groups excluding carboxylic acids is 1. The Morgan fingerprint density at radius 3 is 2.77 bits per heavy atom. The average Bonchev–Trinajstić information content (AvgIpc) is 3.24. The number of anilines is 1. The van der Waals surface area contributed by atoms with Crippen molar-refractivity contribution in [1.29, 1.82) is 0 Å². The highest BCUT2D eigenvalue weighted by atomic mass is 16.5. The molecule has 1 amide bonds. The topological polar surface area (TPSA) is 65.4 Å². The van der Waals surface area contributed by atoms with Crippen LogP contribution < -0.4 is 14.8 Å². The molecule has 0 bridgehead atoms. The van der Waals surface area contributed by atoms with Crippen LogP contribution in [0.1, 0.15) is 29.4 Å². The van der Waals surface area contributed by atoms with Crippen LogP contribution in [0, 0.1) is 13.8 Å². The van der Waals surface area contributed by atoms with Crippen LogP contribution in [0.3, 0.4) is 0 Å². The Balaban J connectivity index is 1.54. The molecule has 4 rings (SSSR count). The molecule has 3 aromatic rings. The molecule has 2 aromatic carbocycles. The van der Waals surface area contributed by atoms with Gasteiger partial charge in [0.2, 0.25) is 5.91 Å². The molecule has 1 unspecified atom stereocenters. The predicted octanol–water partition coefficient (Wildman–Crippen LogP) is 4.47. The van der Waals surface area contributed by atoms with Crippen LogP contribution in [-0.2, 0) is 11.2 Å². The second kappa shape index (κ2) is 8.06. The molecule has 1 N–H and O–H groups in total. The molecule has 0 saturated carbocycles. The molecule has 0 spiro atoms. The fourth-order valence-electron chi connectivity index (χ4n) is 3.74. The normalized spacial score (nSPS) is 15.1. The van der Waals surface area contributed by atoms with E-state index < -0.39 is 0 Å². The number of para-hydroxylation sites is 1. The minimum Gasteiger partial charge on any atom is -0.496 e. The standard InChI is InChI=1S/C24H25N3O3/c1-15-12-19-14-21(29-4)18(13-22(19)30-15)10-11-23(28)25-24-16(2)26-27(17(24)3)20-8-6-5-7-9-20/h5-11,13-15H,12H2,1-4H3,(H,25,28)/b11-10+. The molecule has 0 fully saturated rings. The summed E-state index contributed by atoms with van der Waals surface area (Å²) in [5.41, 5.74) is 5.22. The summed E-state index contributed by atoms with van der Waals surface area (Å²) in [6.45, 7) is 5.86. The van der Waals surface area contributed by atoms with E-state index in [2.05, 4.69) is 10.4 Å². The number of nitrogens with zero attached hydrogens (tertiary/aromatic N) is 2. The number of nitrogens with one attached hydrogen (secondary N) is 1. The van der Waals surface area contributed by atoms with Crippen LogP contribution in [0.2, 0.25) is 0 Å². The smallest absolute Gasteiger partial charge is 0.248 e. The third-order valence-corrected chi connectivity index (χ3v) is 5.20. The number of aromatic nitrogens is 2. The lowest BCUT2D eigenvalue weighted by atomic mass is 10.1. The van der Waals surface area contributed by atoms with E-state index in [-0.39, 0.29) is 12.0 Å². The first-order chi connectivity index (χ1) is 14.5. The van der Waals surface area contributed by atoms with Crippen molar-refractivity contribution in [2.24, 2.45) is 0 Å². The van der Waals surface area contributed by atoms with Crippen LogP contribution in [-0.4, -0.2) is 28.9 Å². The fourth-order valence-corrected chi connectivity index (χ4v) is 3.74. The van der Waals surface area contributed by atoms with Gasteiger partial charge in [-0.05, 0) is 51.1 Å². The lowest BCUT2D eigenvalue weighted by Gasteiger charge is -2.08. The highest BCUT2D eigenvalue weighted by Crippen LogP contribution is 2.35. The first-order valence-electron chi connectivity index (χ1n) is 9.94. The number of benzene rings is 2. The van der Waals surface area contributed by atoms with E-state index in [1.807, 2.05) is 67.9 Å². The Hall–Kier alpha value is -3.54. The van der Waals surface area contributed by atoms with E-state index >= 15 is 0 Å². The fraction of sp³-hybridized carbons (Fsp3) is 0.250. The molecular formula is C24H25N3O3. The number of ether oxygens (including phenoxy) is 2. The van der Waals surface area contributed by atoms with Gasteiger partial charge in [0.25, 0.3) is 0 Å². The molecule has 154 valence electrons. The average molecular weight is 403 g/mol. The molecule has 1 aromatic heterocycles. The maximum atomic E-state index is 12.6. The van der Waals surface area contributed by atoms with E-state index in [4.69, 9.17) is 9.47 Å². The second-order valence-corrected chi connectivity index (χ2v) is 7.45. The SMILES string of the molecule is COc1cc2c(cc1/C=C/C(=O)Nc1c(C)nn(-c3ccccc3)c1C)OC(C)C2. The van der Waals surface area contributed by atoms with Crippen molar-refractivity contribution in [3.63, 3.8) is 0 Å². The summed E-state index contributed by atoms with van der Waals surface area (Å²) in [5, 5.41) is 7.52. The van der Waals surface area contributed by atoms with Crippen molar-refractivity contribution in [2.75, 3.05) is 12.4 Å². The van der Waals surface area contributed by atoms with Crippen LogP contribution in [0.25, 0.3) is 11.8 Å². The van der Waals surface area contributed by atoms with Gasteiger partial charge in [-0.3, -0.25) is 4.79 Å². The van der Waals surface area contributed by atoms with Crippen molar-refractivity contribution in [3.05, 3.63) is 71.1 Å². The molecule has 6 nitrogen and oxygen atoms in total. The van der Waals surface area contributed by atoms with Gasteiger partial charge in [0.1, 0.15) is 17.6 Å². The van der Waals surface area contributed by atoms with Crippen molar-refractivity contribution in [3.8, 4) is 17.2 Å². The zero-order valence-corrected chi connectivity index (χ0v) is 17.6. The molecule has 30 heavy (non-hydrogen) atoms. The molecule has 2 heterocycles. The molecule has 0 radical (unpaired) electrons. The largest absolute Gasteiger partial charge is 0.496 e. The van der Waals surface area contributed by atoms with Crippen LogP contribution in [0.4, 0.5) is 5.69 Å². The van der Waals surface area contributed by atoms with Gasteiger partial charge in [0.05, 0.1) is 29.9 Å². The lowest BCUT2D eigenvalue weighted by molar-refractivity contribution is -0.111. The summed E-state index contributed by atoms with van der Waals surface area (Å²) in [5.74, 6) is 1.34. The highest BCUT2D eigenvalue weighted by molar-refractivity contribution is 6.02. The Kier molecular flexibility index (Phi) is 5.31. The van der Waals surface area contributed by atoms with E-state index in [9.17, 15) is 4.79 Å². The van der Waals surface area contributed by atoms with Crippen molar-refractivity contribution < 1.29 is 14.3 Å². The van der Waals surface area contributed by atoms with Gasteiger partial charge in [0, 0.05) is 23.6 Å². The van der Waals surface area contributed by atoms with E-state index in [1.165, 1.54) is 6.08 Å². The zero-order valence-electron chi connectivity index (χ0n) is 17.6. The number of hydrogen-bond donors (Lipinski definition) is 1. The van der Waals surface area contributed by atoms with Crippen molar-refractivity contribution >= 4 is 17.7 Å². The number of fused-ring (bicyclic) bond motifs is 1. The Morgan fingerprint density at radius 2 is 2.03 bits per heavy atom. The minimum atomic E-state index is -0.231. The van der Waals surface area contributed by atoms with Gasteiger partial charge in [-0.15, -0.1) is 0 Å². The second-order valence-electron chi connectivity index (χ2n) is 7.45. The zero-order chi connectivity index (χ0) is 21.3. The molecule has 1 aliphatic heterocycles. The van der Waals surface area contributed by atoms with Gasteiger partial charge < -0.3 is 14.8 Å². The summed E-state index contributed by atoms with van der Waals surface area (Å²) in [7, 11) is 1.63. The summed E-state index contributed by atoms with van der Waals surface area (Å²) < 4.78 is 13.1. The summed E-state index contributed by atoms with van der Waals surface area (Å²) in [4.78, 5) is 12.6. The maximum absolute atomic E-state index is 12.6. The number of carbonyl (C=O) groups is 1. The molecule has 1 atom stereocenters. The molecule has 1 aliphatic rings.